The first-order valence-electron chi connectivity index (χ1n) is 1.12. The van der Waals surface area contributed by atoms with E-state index in [4.69, 9.17) is 11.6 Å². The fourth-order valence-corrected chi connectivity index (χ4v) is 0.0891. The second kappa shape index (κ2) is 3.70. The molecule has 0 aromatic carbocycles. The summed E-state index contributed by atoms with van der Waals surface area (Å²) in [5.74, 6) is 0. The van der Waals surface area contributed by atoms with Gasteiger partial charge < -0.3 is 0 Å². The van der Waals surface area contributed by atoms with Crippen LogP contribution in [0, 0.1) is 0 Å². The summed E-state index contributed by atoms with van der Waals surface area (Å²) in [7, 11) is 0. The lowest BCUT2D eigenvalue weighted by Gasteiger charge is -1.48. The fourth-order valence-electron chi connectivity index (χ4n) is 0.0297. The first kappa shape index (κ1) is 4.70. The van der Waals surface area contributed by atoms with Crippen LogP contribution in [-0.2, 0) is 4.79 Å². The number of halogens is 1. The van der Waals surface area contributed by atoms with E-state index in [1.54, 1.807) is 0 Å². The second-order valence-corrected chi connectivity index (χ2v) is 0.706. The topological polar surface area (TPSA) is 17.1 Å². The summed E-state index contributed by atoms with van der Waals surface area (Å²) in [6.45, 7) is 0. The van der Waals surface area contributed by atoms with E-state index in [1.807, 2.05) is 0 Å². The van der Waals surface area contributed by atoms with E-state index in [0.29, 0.717) is 6.29 Å². The zero-order chi connectivity index (χ0) is 4.12. The zero-order valence-electron chi connectivity index (χ0n) is 2.52. The van der Waals surface area contributed by atoms with Gasteiger partial charge in [0, 0.05) is 5.54 Å². The molecule has 0 aliphatic heterocycles. The van der Waals surface area contributed by atoms with Crippen molar-refractivity contribution in [3.05, 3.63) is 11.6 Å². The number of allylic oxidation sites excluding steroid dienone is 1. The Morgan fingerprint density at radius 3 is 2.20 bits per heavy atom. The Labute approximate surface area is 35.2 Å². The molecule has 0 unspecified atom stereocenters. The van der Waals surface area contributed by atoms with Gasteiger partial charge in [-0.05, 0) is 6.08 Å². The van der Waals surface area contributed by atoms with Crippen molar-refractivity contribution in [3.63, 3.8) is 0 Å². The van der Waals surface area contributed by atoms with Gasteiger partial charge in [0.15, 0.2) is 0 Å². The van der Waals surface area contributed by atoms with Crippen molar-refractivity contribution in [2.45, 2.75) is 0 Å². The van der Waals surface area contributed by atoms with Crippen LogP contribution in [-0.4, -0.2) is 6.29 Å². The number of aldehydes is 1. The van der Waals surface area contributed by atoms with Crippen LogP contribution in [0.25, 0.3) is 0 Å². The molecule has 0 saturated carbocycles. The van der Waals surface area contributed by atoms with Crippen molar-refractivity contribution in [1.29, 1.82) is 0 Å². The Morgan fingerprint density at radius 2 is 2.20 bits per heavy atom. The molecule has 2 heteroatoms. The highest BCUT2D eigenvalue weighted by molar-refractivity contribution is 6.26. The molecular weight excluding hydrogens is 87.5 g/mol. The lowest BCUT2D eigenvalue weighted by Crippen LogP contribution is -1.48. The Morgan fingerprint density at radius 1 is 1.60 bits per heavy atom. The molecule has 0 aromatic heterocycles. The third kappa shape index (κ3) is 3.70. The minimum absolute atomic E-state index is 0.618. The second-order valence-electron chi connectivity index (χ2n) is 0.455. The van der Waals surface area contributed by atoms with Crippen LogP contribution in [0.2, 0.25) is 0 Å². The predicted octanol–water partition coefficient (Wildman–Crippen LogP) is 0.938. The lowest BCUT2D eigenvalue weighted by molar-refractivity contribution is -0.104. The van der Waals surface area contributed by atoms with E-state index in [1.165, 1.54) is 6.08 Å². The summed E-state index contributed by atoms with van der Waals surface area (Å²) < 4.78 is 0. The molecule has 1 nitrogen and oxygen atoms in total. The highest BCUT2D eigenvalue weighted by atomic mass is 35.5. The number of carbonyl (C=O) groups is 1. The van der Waals surface area contributed by atoms with Gasteiger partial charge in [-0.2, -0.15) is 0 Å². The zero-order valence-corrected chi connectivity index (χ0v) is 3.27. The number of hydrogen-bond donors (Lipinski definition) is 0. The van der Waals surface area contributed by atoms with Crippen molar-refractivity contribution < 1.29 is 4.79 Å². The highest BCUT2D eigenvalue weighted by Gasteiger charge is 1.50. The van der Waals surface area contributed by atoms with E-state index in [0.717, 1.165) is 5.54 Å². The molecule has 5 heavy (non-hydrogen) atoms. The summed E-state index contributed by atoms with van der Waals surface area (Å²) >= 11 is 4.89. The number of hydrogen-bond acceptors (Lipinski definition) is 1. The smallest absolute Gasteiger partial charge is 0.143 e. The molecule has 0 heterocycles. The fraction of sp³-hybridized carbons (Fsp3) is 0. The molecule has 28 valence electrons. The minimum Gasteiger partial charge on any atom is -0.299 e. The lowest BCUT2D eigenvalue weighted by atomic mass is 10.7. The molecule has 0 fully saturated rings. The Bertz CT molecular complexity index is 48.9. The van der Waals surface area contributed by atoms with Crippen LogP contribution in [0.1, 0.15) is 0 Å². The Balaban J connectivity index is 2.92. The van der Waals surface area contributed by atoms with Crippen molar-refractivity contribution in [3.8, 4) is 0 Å². The van der Waals surface area contributed by atoms with E-state index in [-0.39, 0.29) is 0 Å². The Hall–Kier alpha value is -0.300. The van der Waals surface area contributed by atoms with Crippen molar-refractivity contribution in [2.75, 3.05) is 0 Å². The third-order valence-corrected chi connectivity index (χ3v) is 0.297. The molecule has 0 amide bonds. The van der Waals surface area contributed by atoms with Gasteiger partial charge in [0.05, 0.1) is 0 Å². The molecular formula is C3H3ClO. The van der Waals surface area contributed by atoms with Crippen molar-refractivity contribution in [2.24, 2.45) is 0 Å². The van der Waals surface area contributed by atoms with Crippen LogP contribution < -0.4 is 0 Å². The van der Waals surface area contributed by atoms with Crippen LogP contribution in [0.15, 0.2) is 11.6 Å². The van der Waals surface area contributed by atoms with Gasteiger partial charge in [-0.1, -0.05) is 11.6 Å². The standard InChI is InChI=1S/C3H3ClO/c4-2-1-3-5/h1-3H/b2-1-. The molecule has 0 atom stereocenters. The number of rotatable bonds is 1. The molecule has 0 saturated heterocycles. The summed E-state index contributed by atoms with van der Waals surface area (Å²) in [6, 6.07) is 0. The van der Waals surface area contributed by atoms with Gasteiger partial charge in [0.25, 0.3) is 0 Å². The van der Waals surface area contributed by atoms with Crippen molar-refractivity contribution in [1.82, 2.24) is 0 Å². The van der Waals surface area contributed by atoms with Gasteiger partial charge in [-0.3, -0.25) is 4.79 Å². The molecule has 0 aliphatic carbocycles. The summed E-state index contributed by atoms with van der Waals surface area (Å²) in [6.07, 6.45) is 1.83. The predicted molar refractivity (Wildman–Crippen MR) is 21.1 cm³/mol. The first-order chi connectivity index (χ1) is 2.41. The van der Waals surface area contributed by atoms with Crippen LogP contribution in [0.4, 0.5) is 0 Å². The molecule has 0 spiro atoms. The Kier molecular flexibility index (Phi) is 3.48. The quantitative estimate of drug-likeness (QED) is 0.346. The maximum Gasteiger partial charge on any atom is 0.143 e. The van der Waals surface area contributed by atoms with Gasteiger partial charge >= 0.3 is 0 Å². The van der Waals surface area contributed by atoms with Crippen molar-refractivity contribution >= 4 is 17.9 Å². The van der Waals surface area contributed by atoms with E-state index < -0.39 is 0 Å². The monoisotopic (exact) mass is 90.0 g/mol. The van der Waals surface area contributed by atoms with E-state index >= 15 is 0 Å². The summed E-state index contributed by atoms with van der Waals surface area (Å²) in [5, 5.41) is 0. The van der Waals surface area contributed by atoms with Gasteiger partial charge in [0.1, 0.15) is 6.29 Å². The molecule has 0 bridgehead atoms. The van der Waals surface area contributed by atoms with Gasteiger partial charge in [-0.25, -0.2) is 0 Å². The normalized spacial score (nSPS) is 9.00. The average molecular weight is 90.5 g/mol. The van der Waals surface area contributed by atoms with Crippen LogP contribution in [0.3, 0.4) is 0 Å². The third-order valence-electron chi connectivity index (χ3n) is 0.151. The first-order valence-corrected chi connectivity index (χ1v) is 1.56. The van der Waals surface area contributed by atoms with Gasteiger partial charge in [-0.15, -0.1) is 0 Å². The van der Waals surface area contributed by atoms with Gasteiger partial charge in [0.2, 0.25) is 0 Å². The van der Waals surface area contributed by atoms with E-state index in [9.17, 15) is 4.79 Å². The van der Waals surface area contributed by atoms with Crippen LogP contribution >= 0.6 is 11.6 Å². The van der Waals surface area contributed by atoms with E-state index in [2.05, 4.69) is 0 Å². The maximum atomic E-state index is 9.23. The SMILES string of the molecule is O=C/C=C\Cl. The van der Waals surface area contributed by atoms with Crippen LogP contribution in [0.5, 0.6) is 0 Å². The highest BCUT2D eigenvalue weighted by Crippen LogP contribution is 1.69. The minimum atomic E-state index is 0.618. The molecule has 0 rings (SSSR count). The number of carbonyl (C=O) groups excluding carboxylic acids is 1. The largest absolute Gasteiger partial charge is 0.299 e. The summed E-state index contributed by atoms with van der Waals surface area (Å²) in [5.41, 5.74) is 1.16. The summed E-state index contributed by atoms with van der Waals surface area (Å²) in [4.78, 5) is 9.23. The molecule has 0 N–H and O–H groups in total. The molecule has 0 radical (unpaired) electrons. The average Bonchev–Trinajstić information content (AvgIpc) is 1.41. The maximum absolute atomic E-state index is 9.23. The molecule has 0 aliphatic rings. The molecule has 0 aromatic rings.